The maximum absolute atomic E-state index is 5.04. The summed E-state index contributed by atoms with van der Waals surface area (Å²) in [7, 11) is 0. The number of hydrogen-bond donors (Lipinski definition) is 0. The quantitative estimate of drug-likeness (QED) is 0.200. The summed E-state index contributed by atoms with van der Waals surface area (Å²) in [4.78, 5) is 0. The molecule has 1 aliphatic heterocycles. The van der Waals surface area contributed by atoms with Crippen LogP contribution in [0.2, 0.25) is 0 Å². The molecule has 1 unspecified atom stereocenters. The molecule has 0 fully saturated rings. The number of benzene rings is 5. The number of hydrogen-bond acceptors (Lipinski definition) is 2. The molecule has 0 N–H and O–H groups in total. The first kappa shape index (κ1) is 27.3. The van der Waals surface area contributed by atoms with Crippen LogP contribution in [0.1, 0.15) is 39.8 Å². The third kappa shape index (κ3) is 7.28. The molecule has 1 atom stereocenters. The Bertz CT molecular complexity index is 1890. The fourth-order valence-electron chi connectivity index (χ4n) is 4.87. The second kappa shape index (κ2) is 13.7. The summed E-state index contributed by atoms with van der Waals surface area (Å²) in [5.41, 5.74) is 8.24. The van der Waals surface area contributed by atoms with Crippen LogP contribution >= 0.6 is 0 Å². The highest BCUT2D eigenvalue weighted by atomic mass is 15.5. The zero-order chi connectivity index (χ0) is 29.1. The summed E-state index contributed by atoms with van der Waals surface area (Å²) in [6, 6.07) is 47.1. The molecule has 2 nitrogen and oxygen atoms in total. The molecule has 0 aromatic heterocycles. The Hall–Kier alpha value is -5.83. The minimum Gasteiger partial charge on any atom is -0.258 e. The highest BCUT2D eigenvalue weighted by Crippen LogP contribution is 2.27. The molecular weight excluding hydrogens is 520 g/mol. The molecular formula is C41H30N2. The summed E-state index contributed by atoms with van der Waals surface area (Å²) in [5, 5.41) is 7.14. The first-order chi connectivity index (χ1) is 21.3. The van der Waals surface area contributed by atoms with E-state index in [9.17, 15) is 0 Å². The zero-order valence-corrected chi connectivity index (χ0v) is 23.8. The summed E-state index contributed by atoms with van der Waals surface area (Å²) in [5.74, 6) is 13.3. The lowest BCUT2D eigenvalue weighted by atomic mass is 10.0. The van der Waals surface area contributed by atoms with Crippen molar-refractivity contribution in [3.63, 3.8) is 0 Å². The van der Waals surface area contributed by atoms with E-state index in [2.05, 4.69) is 108 Å². The van der Waals surface area contributed by atoms with Gasteiger partial charge in [0.15, 0.2) is 0 Å². The fourth-order valence-corrected chi connectivity index (χ4v) is 4.87. The Kier molecular flexibility index (Phi) is 8.71. The van der Waals surface area contributed by atoms with E-state index in [1.54, 1.807) is 0 Å². The normalized spacial score (nSPS) is 14.2. The lowest BCUT2D eigenvalue weighted by Gasteiger charge is -2.20. The Morgan fingerprint density at radius 1 is 0.512 bits per heavy atom. The smallest absolute Gasteiger partial charge is 0.0765 e. The molecule has 0 saturated heterocycles. The topological polar surface area (TPSA) is 15.6 Å². The molecule has 0 radical (unpaired) electrons. The number of allylic oxidation sites excluding steroid dienone is 1. The van der Waals surface area contributed by atoms with Crippen LogP contribution < -0.4 is 5.01 Å². The van der Waals surface area contributed by atoms with Gasteiger partial charge in [0.1, 0.15) is 0 Å². The maximum Gasteiger partial charge on any atom is 0.0765 e. The predicted molar refractivity (Wildman–Crippen MR) is 181 cm³/mol. The molecule has 6 rings (SSSR count). The van der Waals surface area contributed by atoms with Crippen molar-refractivity contribution in [2.24, 2.45) is 5.10 Å². The SMILES string of the molecule is C(#Cc1ccccc1C=CC1=NN(c2ccccc2)C(C=Cc2ccccc2C#Cc2ccccc2)C1)c1ccccc1. The van der Waals surface area contributed by atoms with Crippen molar-refractivity contribution in [3.05, 3.63) is 185 Å². The third-order valence-corrected chi connectivity index (χ3v) is 7.09. The zero-order valence-electron chi connectivity index (χ0n) is 23.8. The van der Waals surface area contributed by atoms with Crippen molar-refractivity contribution in [1.82, 2.24) is 0 Å². The van der Waals surface area contributed by atoms with Gasteiger partial charge in [-0.25, -0.2) is 0 Å². The van der Waals surface area contributed by atoms with Gasteiger partial charge in [-0.1, -0.05) is 133 Å². The molecule has 2 heteroatoms. The molecule has 43 heavy (non-hydrogen) atoms. The van der Waals surface area contributed by atoms with Crippen molar-refractivity contribution in [1.29, 1.82) is 0 Å². The molecule has 0 spiro atoms. The van der Waals surface area contributed by atoms with Gasteiger partial charge in [0.2, 0.25) is 0 Å². The van der Waals surface area contributed by atoms with Crippen LogP contribution in [-0.2, 0) is 0 Å². The van der Waals surface area contributed by atoms with Crippen molar-refractivity contribution >= 4 is 23.6 Å². The van der Waals surface area contributed by atoms with E-state index in [-0.39, 0.29) is 6.04 Å². The van der Waals surface area contributed by atoms with Crippen molar-refractivity contribution in [2.75, 3.05) is 5.01 Å². The van der Waals surface area contributed by atoms with Gasteiger partial charge in [-0.3, -0.25) is 5.01 Å². The number of nitrogens with zero attached hydrogens (tertiary/aromatic N) is 2. The third-order valence-electron chi connectivity index (χ3n) is 7.09. The Morgan fingerprint density at radius 3 is 1.58 bits per heavy atom. The van der Waals surface area contributed by atoms with Crippen molar-refractivity contribution in [2.45, 2.75) is 12.5 Å². The fraction of sp³-hybridized carbons (Fsp3) is 0.0488. The number of para-hydroxylation sites is 1. The highest BCUT2D eigenvalue weighted by Gasteiger charge is 2.24. The molecule has 0 aliphatic carbocycles. The van der Waals surface area contributed by atoms with E-state index in [4.69, 9.17) is 5.10 Å². The van der Waals surface area contributed by atoms with Gasteiger partial charge in [0.05, 0.1) is 17.4 Å². The van der Waals surface area contributed by atoms with Crippen LogP contribution in [0, 0.1) is 23.7 Å². The van der Waals surface area contributed by atoms with E-state index in [0.717, 1.165) is 51.2 Å². The highest BCUT2D eigenvalue weighted by molar-refractivity contribution is 6.01. The monoisotopic (exact) mass is 550 g/mol. The van der Waals surface area contributed by atoms with Crippen LogP contribution in [0.4, 0.5) is 5.69 Å². The second-order valence-corrected chi connectivity index (χ2v) is 10.1. The van der Waals surface area contributed by atoms with Crippen LogP contribution in [0.25, 0.3) is 12.2 Å². The number of rotatable bonds is 5. The minimum absolute atomic E-state index is 0.0744. The Balaban J connectivity index is 1.25. The summed E-state index contributed by atoms with van der Waals surface area (Å²) < 4.78 is 0. The Labute approximate surface area is 254 Å². The molecule has 5 aromatic rings. The van der Waals surface area contributed by atoms with Crippen molar-refractivity contribution in [3.8, 4) is 23.7 Å². The molecule has 1 aliphatic rings. The van der Waals surface area contributed by atoms with Crippen LogP contribution in [0.5, 0.6) is 0 Å². The molecule has 204 valence electrons. The summed E-state index contributed by atoms with van der Waals surface area (Å²) in [6.07, 6.45) is 9.44. The van der Waals surface area contributed by atoms with Gasteiger partial charge in [0, 0.05) is 28.7 Å². The average molecular weight is 551 g/mol. The van der Waals surface area contributed by atoms with Crippen LogP contribution in [0.15, 0.2) is 157 Å². The van der Waals surface area contributed by atoms with Gasteiger partial charge >= 0.3 is 0 Å². The molecule has 1 heterocycles. The van der Waals surface area contributed by atoms with E-state index >= 15 is 0 Å². The maximum atomic E-state index is 5.04. The molecule has 5 aromatic carbocycles. The van der Waals surface area contributed by atoms with Gasteiger partial charge in [-0.15, -0.1) is 0 Å². The van der Waals surface area contributed by atoms with E-state index in [1.165, 1.54) is 0 Å². The second-order valence-electron chi connectivity index (χ2n) is 10.1. The predicted octanol–water partition coefficient (Wildman–Crippen LogP) is 8.85. The number of hydrazone groups is 1. The standard InChI is InChI=1S/C41H30N2/c1-4-14-33(15-5-1)24-26-35-18-10-12-20-37(35)28-30-39-32-41(43(42-39)40-22-8-3-9-23-40)31-29-38-21-13-11-19-36(38)27-25-34-16-6-2-7-17-34/h1-23,28-31,41H,32H2. The van der Waals surface area contributed by atoms with E-state index < -0.39 is 0 Å². The largest absolute Gasteiger partial charge is 0.258 e. The summed E-state index contributed by atoms with van der Waals surface area (Å²) >= 11 is 0. The molecule has 0 bridgehead atoms. The van der Waals surface area contributed by atoms with E-state index in [0.29, 0.717) is 0 Å². The Morgan fingerprint density at radius 2 is 1.00 bits per heavy atom. The first-order valence-electron chi connectivity index (χ1n) is 14.4. The van der Waals surface area contributed by atoms with Crippen LogP contribution in [0.3, 0.4) is 0 Å². The number of anilines is 1. The lowest BCUT2D eigenvalue weighted by molar-refractivity contribution is 0.791. The van der Waals surface area contributed by atoms with Gasteiger partial charge in [-0.2, -0.15) is 5.10 Å². The molecule has 0 saturated carbocycles. The first-order valence-corrected chi connectivity index (χ1v) is 14.4. The summed E-state index contributed by atoms with van der Waals surface area (Å²) in [6.45, 7) is 0. The van der Waals surface area contributed by atoms with Gasteiger partial charge < -0.3 is 0 Å². The van der Waals surface area contributed by atoms with Gasteiger partial charge in [-0.05, 0) is 65.7 Å². The van der Waals surface area contributed by atoms with Crippen LogP contribution in [-0.4, -0.2) is 11.8 Å². The lowest BCUT2D eigenvalue weighted by Crippen LogP contribution is -2.23. The van der Waals surface area contributed by atoms with E-state index in [1.807, 2.05) is 84.9 Å². The minimum atomic E-state index is 0.0744. The average Bonchev–Trinajstić information content (AvgIpc) is 3.49. The van der Waals surface area contributed by atoms with Gasteiger partial charge in [0.25, 0.3) is 0 Å². The molecule has 0 amide bonds. The van der Waals surface area contributed by atoms with Crippen molar-refractivity contribution < 1.29 is 0 Å².